The largest absolute Gasteiger partial charge is 0.496 e. The SMILES string of the molecule is COc1ccc(Cl)cc1CC(=O)O[C@@H](C)C(=O)NC12CC3CC(CC(C3)C1)C2. The van der Waals surface area contributed by atoms with Gasteiger partial charge in [-0.1, -0.05) is 11.6 Å². The Hall–Kier alpha value is -1.75. The summed E-state index contributed by atoms with van der Waals surface area (Å²) in [5.74, 6) is 2.17. The van der Waals surface area contributed by atoms with Crippen molar-refractivity contribution >= 4 is 23.5 Å². The molecule has 0 aromatic heterocycles. The molecule has 0 spiro atoms. The molecule has 6 heteroatoms. The fourth-order valence-electron chi connectivity index (χ4n) is 5.96. The fraction of sp³-hybridized carbons (Fsp3) is 0.636. The Morgan fingerprint density at radius 1 is 1.18 bits per heavy atom. The Morgan fingerprint density at radius 3 is 2.36 bits per heavy atom. The Morgan fingerprint density at radius 2 is 1.79 bits per heavy atom. The van der Waals surface area contributed by atoms with E-state index < -0.39 is 12.1 Å². The summed E-state index contributed by atoms with van der Waals surface area (Å²) >= 11 is 6.01. The average Bonchev–Trinajstić information content (AvgIpc) is 2.60. The maximum atomic E-state index is 12.8. The number of ether oxygens (including phenoxy) is 2. The number of halogens is 1. The number of methoxy groups -OCH3 is 1. The van der Waals surface area contributed by atoms with Crippen LogP contribution in [0.1, 0.15) is 51.0 Å². The van der Waals surface area contributed by atoms with E-state index in [1.54, 1.807) is 32.2 Å². The summed E-state index contributed by atoms with van der Waals surface area (Å²) in [6.07, 6.45) is 6.38. The molecule has 1 atom stereocenters. The second-order valence-corrected chi connectivity index (χ2v) is 9.39. The third kappa shape index (κ3) is 4.00. The summed E-state index contributed by atoms with van der Waals surface area (Å²) in [7, 11) is 1.54. The smallest absolute Gasteiger partial charge is 0.311 e. The first-order valence-electron chi connectivity index (χ1n) is 10.2. The van der Waals surface area contributed by atoms with E-state index in [2.05, 4.69) is 5.32 Å². The zero-order valence-corrected chi connectivity index (χ0v) is 17.3. The van der Waals surface area contributed by atoms with E-state index in [9.17, 15) is 9.59 Å². The van der Waals surface area contributed by atoms with E-state index in [0.29, 0.717) is 16.3 Å². The summed E-state index contributed by atoms with van der Waals surface area (Å²) in [6.45, 7) is 1.64. The highest BCUT2D eigenvalue weighted by molar-refractivity contribution is 6.30. The first-order chi connectivity index (χ1) is 13.4. The standard InChI is InChI=1S/C22H28ClNO4/c1-13(28-20(25)9-17-8-18(23)3-4-19(17)27-2)21(26)24-22-10-14-5-15(11-22)7-16(6-14)12-22/h3-4,8,13-16H,5-7,9-12H2,1-2H3,(H,24,26)/t13-,14?,15?,16?,22?/m0/s1. The number of rotatable bonds is 6. The van der Waals surface area contributed by atoms with Crippen molar-refractivity contribution in [1.82, 2.24) is 5.32 Å². The van der Waals surface area contributed by atoms with Gasteiger partial charge < -0.3 is 14.8 Å². The van der Waals surface area contributed by atoms with Gasteiger partial charge in [0, 0.05) is 16.1 Å². The van der Waals surface area contributed by atoms with E-state index in [4.69, 9.17) is 21.1 Å². The van der Waals surface area contributed by atoms with Gasteiger partial charge in [0.05, 0.1) is 13.5 Å². The van der Waals surface area contributed by atoms with E-state index >= 15 is 0 Å². The molecule has 1 amide bonds. The van der Waals surface area contributed by atoms with E-state index in [1.807, 2.05) is 0 Å². The summed E-state index contributed by atoms with van der Waals surface area (Å²) in [6, 6.07) is 5.10. The Labute approximate surface area is 171 Å². The van der Waals surface area contributed by atoms with Crippen LogP contribution < -0.4 is 10.1 Å². The Balaban J connectivity index is 1.35. The minimum Gasteiger partial charge on any atom is -0.496 e. The average molecular weight is 406 g/mol. The lowest BCUT2D eigenvalue weighted by molar-refractivity contribution is -0.156. The van der Waals surface area contributed by atoms with Gasteiger partial charge in [0.1, 0.15) is 5.75 Å². The lowest BCUT2D eigenvalue weighted by Gasteiger charge is -2.57. The van der Waals surface area contributed by atoms with Crippen LogP contribution in [0.5, 0.6) is 5.75 Å². The van der Waals surface area contributed by atoms with Crippen molar-refractivity contribution in [3.8, 4) is 5.75 Å². The summed E-state index contributed by atoms with van der Waals surface area (Å²) in [5.41, 5.74) is 0.566. The van der Waals surface area contributed by atoms with Crippen molar-refractivity contribution in [1.29, 1.82) is 0 Å². The third-order valence-electron chi connectivity index (χ3n) is 6.68. The highest BCUT2D eigenvalue weighted by Crippen LogP contribution is 2.55. The molecule has 0 unspecified atom stereocenters. The molecule has 4 bridgehead atoms. The summed E-state index contributed by atoms with van der Waals surface area (Å²) < 4.78 is 10.7. The molecule has 5 rings (SSSR count). The van der Waals surface area contributed by atoms with Crippen molar-refractivity contribution in [3.05, 3.63) is 28.8 Å². The normalized spacial score (nSPS) is 31.3. The molecule has 1 aromatic rings. The van der Waals surface area contributed by atoms with Crippen LogP contribution in [0.15, 0.2) is 18.2 Å². The van der Waals surface area contributed by atoms with Crippen LogP contribution in [-0.2, 0) is 20.7 Å². The van der Waals surface area contributed by atoms with Crippen LogP contribution in [0, 0.1) is 17.8 Å². The Bertz CT molecular complexity index is 743. The predicted molar refractivity (Wildman–Crippen MR) is 106 cm³/mol. The second kappa shape index (κ2) is 7.58. The van der Waals surface area contributed by atoms with Crippen molar-refractivity contribution in [2.45, 2.75) is 63.5 Å². The van der Waals surface area contributed by atoms with Crippen LogP contribution in [0.2, 0.25) is 5.02 Å². The number of carbonyl (C=O) groups is 2. The molecule has 4 aliphatic carbocycles. The number of benzene rings is 1. The molecule has 0 saturated heterocycles. The number of nitrogens with one attached hydrogen (secondary N) is 1. The van der Waals surface area contributed by atoms with Gasteiger partial charge in [-0.3, -0.25) is 9.59 Å². The summed E-state index contributed by atoms with van der Waals surface area (Å²) in [5, 5.41) is 3.79. The molecule has 28 heavy (non-hydrogen) atoms. The minimum absolute atomic E-state index is 0.0126. The molecule has 152 valence electrons. The van der Waals surface area contributed by atoms with Gasteiger partial charge in [-0.2, -0.15) is 0 Å². The highest BCUT2D eigenvalue weighted by Gasteiger charge is 2.51. The highest BCUT2D eigenvalue weighted by atomic mass is 35.5. The van der Waals surface area contributed by atoms with Gasteiger partial charge in [0.15, 0.2) is 6.10 Å². The number of carbonyl (C=O) groups excluding carboxylic acids is 2. The monoisotopic (exact) mass is 405 g/mol. The first-order valence-corrected chi connectivity index (χ1v) is 10.6. The number of amides is 1. The quantitative estimate of drug-likeness (QED) is 0.729. The molecule has 1 aromatic carbocycles. The number of esters is 1. The van der Waals surface area contributed by atoms with E-state index in [1.165, 1.54) is 19.3 Å². The molecular formula is C22H28ClNO4. The molecule has 1 N–H and O–H groups in total. The number of hydrogen-bond acceptors (Lipinski definition) is 4. The van der Waals surface area contributed by atoms with Crippen LogP contribution in [-0.4, -0.2) is 30.6 Å². The lowest BCUT2D eigenvalue weighted by Crippen LogP contribution is -2.61. The molecular weight excluding hydrogens is 378 g/mol. The van der Waals surface area contributed by atoms with Crippen molar-refractivity contribution in [2.24, 2.45) is 17.8 Å². The van der Waals surface area contributed by atoms with Gasteiger partial charge in [-0.15, -0.1) is 0 Å². The van der Waals surface area contributed by atoms with Crippen molar-refractivity contribution in [3.63, 3.8) is 0 Å². The molecule has 0 aliphatic heterocycles. The van der Waals surface area contributed by atoms with Gasteiger partial charge in [-0.25, -0.2) is 0 Å². The molecule has 5 nitrogen and oxygen atoms in total. The molecule has 0 heterocycles. The van der Waals surface area contributed by atoms with Crippen LogP contribution >= 0.6 is 11.6 Å². The van der Waals surface area contributed by atoms with E-state index in [-0.39, 0.29) is 17.9 Å². The maximum absolute atomic E-state index is 12.8. The number of hydrogen-bond donors (Lipinski definition) is 1. The minimum atomic E-state index is -0.814. The van der Waals surface area contributed by atoms with Gasteiger partial charge >= 0.3 is 5.97 Å². The second-order valence-electron chi connectivity index (χ2n) is 8.95. The lowest BCUT2D eigenvalue weighted by atomic mass is 9.53. The zero-order valence-electron chi connectivity index (χ0n) is 16.5. The van der Waals surface area contributed by atoms with Gasteiger partial charge in [-0.05, 0) is 81.4 Å². The van der Waals surface area contributed by atoms with Crippen LogP contribution in [0.3, 0.4) is 0 Å². The van der Waals surface area contributed by atoms with Crippen molar-refractivity contribution in [2.75, 3.05) is 7.11 Å². The fourth-order valence-corrected chi connectivity index (χ4v) is 6.15. The molecule has 4 saturated carbocycles. The predicted octanol–water partition coefficient (Wildman–Crippen LogP) is 3.91. The van der Waals surface area contributed by atoms with Gasteiger partial charge in [0.25, 0.3) is 5.91 Å². The summed E-state index contributed by atoms with van der Waals surface area (Å²) in [4.78, 5) is 25.1. The Kier molecular flexibility index (Phi) is 5.30. The topological polar surface area (TPSA) is 64.6 Å². The van der Waals surface area contributed by atoms with Crippen molar-refractivity contribution < 1.29 is 19.1 Å². The maximum Gasteiger partial charge on any atom is 0.311 e. The third-order valence-corrected chi connectivity index (χ3v) is 6.92. The molecule has 4 fully saturated rings. The van der Waals surface area contributed by atoms with Crippen LogP contribution in [0.4, 0.5) is 0 Å². The molecule has 0 radical (unpaired) electrons. The first kappa shape index (κ1) is 19.6. The van der Waals surface area contributed by atoms with E-state index in [0.717, 1.165) is 37.0 Å². The zero-order chi connectivity index (χ0) is 19.9. The molecule has 4 aliphatic rings. The van der Waals surface area contributed by atoms with Crippen LogP contribution in [0.25, 0.3) is 0 Å². The van der Waals surface area contributed by atoms with Gasteiger partial charge in [0.2, 0.25) is 0 Å².